The second-order valence-corrected chi connectivity index (χ2v) is 9.25. The predicted octanol–water partition coefficient (Wildman–Crippen LogP) is 3.13. The summed E-state index contributed by atoms with van der Waals surface area (Å²) >= 11 is 0. The zero-order valence-corrected chi connectivity index (χ0v) is 19.7. The Morgan fingerprint density at radius 2 is 1.68 bits per heavy atom. The highest BCUT2D eigenvalue weighted by molar-refractivity contribution is 5.98. The molecule has 7 nitrogen and oxygen atoms in total. The monoisotopic (exact) mass is 467 g/mol. The molecule has 3 amide bonds. The quantitative estimate of drug-likeness (QED) is 0.750. The Balaban J connectivity index is 1.58. The van der Waals surface area contributed by atoms with Crippen molar-refractivity contribution >= 4 is 17.7 Å². The van der Waals surface area contributed by atoms with Crippen LogP contribution < -0.4 is 5.32 Å². The van der Waals surface area contributed by atoms with Crippen LogP contribution in [-0.4, -0.2) is 65.0 Å². The van der Waals surface area contributed by atoms with Gasteiger partial charge in [-0.25, -0.2) is 4.39 Å². The number of ether oxygens (including phenoxy) is 1. The first-order valence-corrected chi connectivity index (χ1v) is 11.6. The van der Waals surface area contributed by atoms with Gasteiger partial charge in [-0.15, -0.1) is 0 Å². The van der Waals surface area contributed by atoms with E-state index in [-0.39, 0.29) is 43.1 Å². The third kappa shape index (κ3) is 4.55. The summed E-state index contributed by atoms with van der Waals surface area (Å²) in [6.45, 7) is 6.31. The number of piperidine rings is 1. The molecule has 2 aliphatic heterocycles. The zero-order chi connectivity index (χ0) is 24.5. The lowest BCUT2D eigenvalue weighted by Crippen LogP contribution is -2.60. The topological polar surface area (TPSA) is 79.0 Å². The summed E-state index contributed by atoms with van der Waals surface area (Å²) < 4.78 is 20.3. The smallest absolute Gasteiger partial charge is 0.256 e. The summed E-state index contributed by atoms with van der Waals surface area (Å²) in [5.74, 6) is -1.50. The fraction of sp³-hybridized carbons (Fsp3) is 0.423. The van der Waals surface area contributed by atoms with Gasteiger partial charge in [-0.3, -0.25) is 19.3 Å². The molecule has 0 aliphatic carbocycles. The maximum atomic E-state index is 14.1. The van der Waals surface area contributed by atoms with Crippen molar-refractivity contribution in [2.75, 3.05) is 19.7 Å². The van der Waals surface area contributed by atoms with Crippen molar-refractivity contribution in [2.24, 2.45) is 0 Å². The molecule has 1 spiro atoms. The summed E-state index contributed by atoms with van der Waals surface area (Å²) in [6, 6.07) is 12.3. The minimum Gasteiger partial charge on any atom is -0.353 e. The van der Waals surface area contributed by atoms with E-state index in [1.165, 1.54) is 12.1 Å². The van der Waals surface area contributed by atoms with Gasteiger partial charge in [-0.2, -0.15) is 0 Å². The van der Waals surface area contributed by atoms with Crippen LogP contribution in [0.1, 0.15) is 53.0 Å². The molecular weight excluding hydrogens is 437 g/mol. The van der Waals surface area contributed by atoms with Gasteiger partial charge in [0, 0.05) is 37.5 Å². The number of benzene rings is 2. The molecule has 0 aromatic heterocycles. The van der Waals surface area contributed by atoms with Crippen LogP contribution in [0.15, 0.2) is 48.5 Å². The minimum atomic E-state index is -1.01. The largest absolute Gasteiger partial charge is 0.353 e. The number of carbonyl (C=O) groups excluding carboxylic acids is 3. The van der Waals surface area contributed by atoms with Gasteiger partial charge >= 0.3 is 0 Å². The molecule has 0 radical (unpaired) electrons. The highest BCUT2D eigenvalue weighted by atomic mass is 19.1. The van der Waals surface area contributed by atoms with Crippen LogP contribution in [0.2, 0.25) is 0 Å². The van der Waals surface area contributed by atoms with Crippen molar-refractivity contribution < 1.29 is 23.5 Å². The normalized spacial score (nSPS) is 19.5. The van der Waals surface area contributed by atoms with Crippen LogP contribution in [-0.2, 0) is 9.53 Å². The molecule has 2 heterocycles. The standard InChI is InChI=1S/C26H30FN3O4/c1-17(2)28-23(31)22-16-34-26(30(22)24(32)19-10-8-18(3)9-11-19)12-14-29(15-13-26)25(33)20-6-4-5-7-21(20)27/h4-11,17,22H,12-16H2,1-3H3,(H,28,31). The zero-order valence-electron chi connectivity index (χ0n) is 19.7. The molecule has 180 valence electrons. The van der Waals surface area contributed by atoms with Crippen molar-refractivity contribution in [2.45, 2.75) is 51.4 Å². The highest BCUT2D eigenvalue weighted by Gasteiger charge is 2.54. The first-order chi connectivity index (χ1) is 16.2. The number of nitrogens with one attached hydrogen (secondary N) is 1. The Hall–Kier alpha value is -3.26. The molecule has 2 aromatic carbocycles. The summed E-state index contributed by atoms with van der Waals surface area (Å²) in [7, 11) is 0. The van der Waals surface area contributed by atoms with Gasteiger partial charge in [0.15, 0.2) is 0 Å². The number of likely N-dealkylation sites (tertiary alicyclic amines) is 1. The average Bonchev–Trinajstić information content (AvgIpc) is 3.17. The molecule has 0 saturated carbocycles. The van der Waals surface area contributed by atoms with E-state index in [0.29, 0.717) is 18.4 Å². The number of rotatable bonds is 4. The third-order valence-corrected chi connectivity index (χ3v) is 6.45. The molecule has 1 N–H and O–H groups in total. The fourth-order valence-corrected chi connectivity index (χ4v) is 4.65. The maximum absolute atomic E-state index is 14.1. The average molecular weight is 468 g/mol. The van der Waals surface area contributed by atoms with E-state index < -0.39 is 23.5 Å². The molecule has 1 atom stereocenters. The van der Waals surface area contributed by atoms with Gasteiger partial charge in [0.25, 0.3) is 11.8 Å². The van der Waals surface area contributed by atoms with Crippen LogP contribution in [0, 0.1) is 12.7 Å². The van der Waals surface area contributed by atoms with E-state index in [1.807, 2.05) is 32.9 Å². The lowest BCUT2D eigenvalue weighted by Gasteiger charge is -2.44. The minimum absolute atomic E-state index is 0.0209. The second kappa shape index (κ2) is 9.54. The summed E-state index contributed by atoms with van der Waals surface area (Å²) in [4.78, 5) is 42.7. The molecule has 8 heteroatoms. The molecule has 2 fully saturated rings. The van der Waals surface area contributed by atoms with E-state index in [0.717, 1.165) is 5.56 Å². The number of amides is 3. The first-order valence-electron chi connectivity index (χ1n) is 11.6. The van der Waals surface area contributed by atoms with Crippen LogP contribution in [0.3, 0.4) is 0 Å². The molecule has 0 bridgehead atoms. The van der Waals surface area contributed by atoms with Gasteiger partial charge in [0.1, 0.15) is 17.6 Å². The number of aryl methyl sites for hydroxylation is 1. The lowest BCUT2D eigenvalue weighted by atomic mass is 9.96. The fourth-order valence-electron chi connectivity index (χ4n) is 4.65. The van der Waals surface area contributed by atoms with Crippen molar-refractivity contribution in [3.05, 3.63) is 71.0 Å². The molecule has 4 rings (SSSR count). The molecule has 2 aromatic rings. The van der Waals surface area contributed by atoms with E-state index in [9.17, 15) is 18.8 Å². The maximum Gasteiger partial charge on any atom is 0.256 e. The number of hydrogen-bond acceptors (Lipinski definition) is 4. The first kappa shape index (κ1) is 23.9. The van der Waals surface area contributed by atoms with Crippen molar-refractivity contribution in [1.82, 2.24) is 15.1 Å². The van der Waals surface area contributed by atoms with E-state index in [4.69, 9.17) is 4.74 Å². The third-order valence-electron chi connectivity index (χ3n) is 6.45. The van der Waals surface area contributed by atoms with Gasteiger partial charge in [0.2, 0.25) is 5.91 Å². The van der Waals surface area contributed by atoms with E-state index in [2.05, 4.69) is 5.32 Å². The predicted molar refractivity (Wildman–Crippen MR) is 125 cm³/mol. The van der Waals surface area contributed by atoms with E-state index in [1.54, 1.807) is 34.1 Å². The Labute approximate surface area is 198 Å². The summed E-state index contributed by atoms with van der Waals surface area (Å²) in [6.07, 6.45) is 0.659. The molecule has 2 aliphatic rings. The lowest BCUT2D eigenvalue weighted by molar-refractivity contribution is -0.128. The van der Waals surface area contributed by atoms with Crippen LogP contribution in [0.25, 0.3) is 0 Å². The number of hydrogen-bond donors (Lipinski definition) is 1. The van der Waals surface area contributed by atoms with Crippen LogP contribution in [0.4, 0.5) is 4.39 Å². The van der Waals surface area contributed by atoms with Crippen LogP contribution >= 0.6 is 0 Å². The van der Waals surface area contributed by atoms with Gasteiger partial charge in [0.05, 0.1) is 12.2 Å². The second-order valence-electron chi connectivity index (χ2n) is 9.25. The Kier molecular flexibility index (Phi) is 6.70. The Morgan fingerprint density at radius 1 is 1.03 bits per heavy atom. The molecular formula is C26H30FN3O4. The Morgan fingerprint density at radius 3 is 2.29 bits per heavy atom. The van der Waals surface area contributed by atoms with Gasteiger partial charge in [-0.05, 0) is 45.0 Å². The number of carbonyl (C=O) groups is 3. The van der Waals surface area contributed by atoms with Crippen molar-refractivity contribution in [1.29, 1.82) is 0 Å². The van der Waals surface area contributed by atoms with Gasteiger partial charge in [-0.1, -0.05) is 29.8 Å². The van der Waals surface area contributed by atoms with E-state index >= 15 is 0 Å². The number of halogens is 1. The highest BCUT2D eigenvalue weighted by Crippen LogP contribution is 2.39. The van der Waals surface area contributed by atoms with Crippen LogP contribution in [0.5, 0.6) is 0 Å². The number of nitrogens with zero attached hydrogens (tertiary/aromatic N) is 2. The van der Waals surface area contributed by atoms with Crippen molar-refractivity contribution in [3.63, 3.8) is 0 Å². The molecule has 2 saturated heterocycles. The Bertz CT molecular complexity index is 1080. The summed E-state index contributed by atoms with van der Waals surface area (Å²) in [5.41, 5.74) is 0.515. The molecule has 1 unspecified atom stereocenters. The van der Waals surface area contributed by atoms with Crippen molar-refractivity contribution in [3.8, 4) is 0 Å². The summed E-state index contributed by atoms with van der Waals surface area (Å²) in [5, 5.41) is 2.89. The van der Waals surface area contributed by atoms with Gasteiger partial charge < -0.3 is 15.0 Å². The SMILES string of the molecule is Cc1ccc(C(=O)N2C(C(=O)NC(C)C)COC23CCN(C(=O)c2ccccc2F)CC3)cc1. The molecule has 34 heavy (non-hydrogen) atoms.